The molecule has 4 aromatic rings. The van der Waals surface area contributed by atoms with Gasteiger partial charge in [0.2, 0.25) is 0 Å². The zero-order chi connectivity index (χ0) is 18.1. The Morgan fingerprint density at radius 1 is 1.12 bits per heavy atom. The van der Waals surface area contributed by atoms with Gasteiger partial charge < -0.3 is 4.74 Å². The van der Waals surface area contributed by atoms with Gasteiger partial charge in [-0.25, -0.2) is 0 Å². The molecule has 0 aliphatic carbocycles. The van der Waals surface area contributed by atoms with Crippen LogP contribution < -0.4 is 4.74 Å². The summed E-state index contributed by atoms with van der Waals surface area (Å²) in [6, 6.07) is 17.4. The molecule has 0 fully saturated rings. The zero-order valence-electron chi connectivity index (χ0n) is 14.5. The number of thioether (sulfide) groups is 1. The number of hydrogen-bond acceptors (Lipinski definition) is 5. The average Bonchev–Trinajstić information content (AvgIpc) is 3.11. The largest absolute Gasteiger partial charge is 0.497 e. The molecule has 4 rings (SSSR count). The third-order valence-corrected chi connectivity index (χ3v) is 5.19. The highest BCUT2D eigenvalue weighted by molar-refractivity contribution is 7.99. The van der Waals surface area contributed by atoms with Gasteiger partial charge in [0.15, 0.2) is 16.6 Å². The van der Waals surface area contributed by atoms with Crippen LogP contribution in [0.2, 0.25) is 0 Å². The number of para-hydroxylation sites is 1. The molecule has 26 heavy (non-hydrogen) atoms. The molecule has 0 bridgehead atoms. The Bertz CT molecular complexity index is 1120. The maximum atomic E-state index is 12.5. The van der Waals surface area contributed by atoms with Gasteiger partial charge in [-0.3, -0.25) is 9.20 Å². The van der Waals surface area contributed by atoms with E-state index in [1.54, 1.807) is 19.2 Å². The van der Waals surface area contributed by atoms with Gasteiger partial charge >= 0.3 is 0 Å². The lowest BCUT2D eigenvalue weighted by molar-refractivity contribution is 0.102. The summed E-state index contributed by atoms with van der Waals surface area (Å²) in [5.41, 5.74) is 3.54. The number of fused-ring (bicyclic) bond motifs is 3. The molecule has 2 aromatic heterocycles. The van der Waals surface area contributed by atoms with Crippen LogP contribution in [0.3, 0.4) is 0 Å². The summed E-state index contributed by atoms with van der Waals surface area (Å²) in [5, 5.41) is 10.5. The fourth-order valence-electron chi connectivity index (χ4n) is 2.96. The van der Waals surface area contributed by atoms with E-state index in [4.69, 9.17) is 4.74 Å². The number of Topliss-reactive ketones (excluding diaryl/α,β-unsaturated/α-hetero) is 1. The number of nitrogens with zero attached hydrogens (tertiary/aromatic N) is 3. The SMILES string of the molecule is COc1cccc(C(=O)CSc2nnc3c(C)cc4ccccc4n23)c1. The van der Waals surface area contributed by atoms with Crippen LogP contribution in [0.5, 0.6) is 5.75 Å². The number of methoxy groups -OCH3 is 1. The Morgan fingerprint density at radius 2 is 1.96 bits per heavy atom. The van der Waals surface area contributed by atoms with E-state index in [2.05, 4.69) is 22.3 Å². The Kier molecular flexibility index (Phi) is 4.34. The Balaban J connectivity index is 1.66. The second-order valence-corrected chi connectivity index (χ2v) is 6.91. The van der Waals surface area contributed by atoms with Gasteiger partial charge in [0.25, 0.3) is 0 Å². The van der Waals surface area contributed by atoms with Gasteiger partial charge in [-0.05, 0) is 42.1 Å². The minimum absolute atomic E-state index is 0.0302. The van der Waals surface area contributed by atoms with E-state index >= 15 is 0 Å². The summed E-state index contributed by atoms with van der Waals surface area (Å²) < 4.78 is 7.21. The van der Waals surface area contributed by atoms with E-state index < -0.39 is 0 Å². The van der Waals surface area contributed by atoms with Crippen molar-refractivity contribution in [2.45, 2.75) is 12.1 Å². The predicted octanol–water partition coefficient (Wildman–Crippen LogP) is 4.17. The van der Waals surface area contributed by atoms with Crippen molar-refractivity contribution in [3.05, 3.63) is 65.7 Å². The molecule has 130 valence electrons. The summed E-state index contributed by atoms with van der Waals surface area (Å²) >= 11 is 1.40. The second-order valence-electron chi connectivity index (χ2n) is 5.97. The number of benzene rings is 2. The topological polar surface area (TPSA) is 56.5 Å². The molecule has 0 saturated carbocycles. The molecule has 0 radical (unpaired) electrons. The van der Waals surface area contributed by atoms with Crippen LogP contribution in [-0.4, -0.2) is 33.2 Å². The van der Waals surface area contributed by atoms with Crippen LogP contribution >= 0.6 is 11.8 Å². The zero-order valence-corrected chi connectivity index (χ0v) is 15.3. The first-order valence-electron chi connectivity index (χ1n) is 8.21. The number of rotatable bonds is 5. The smallest absolute Gasteiger partial charge is 0.196 e. The summed E-state index contributed by atoms with van der Waals surface area (Å²) in [6.45, 7) is 2.02. The molecule has 2 aromatic carbocycles. The minimum atomic E-state index is 0.0302. The molecular weight excluding hydrogens is 346 g/mol. The molecule has 0 saturated heterocycles. The highest BCUT2D eigenvalue weighted by atomic mass is 32.2. The van der Waals surface area contributed by atoms with Crippen molar-refractivity contribution in [1.29, 1.82) is 0 Å². The number of aryl methyl sites for hydroxylation is 1. The maximum Gasteiger partial charge on any atom is 0.196 e. The number of carbonyl (C=O) groups excluding carboxylic acids is 1. The van der Waals surface area contributed by atoms with E-state index in [-0.39, 0.29) is 11.5 Å². The first kappa shape index (κ1) is 16.6. The number of pyridine rings is 1. The summed E-state index contributed by atoms with van der Waals surface area (Å²) in [4.78, 5) is 12.5. The van der Waals surface area contributed by atoms with E-state index in [0.717, 1.165) is 27.3 Å². The van der Waals surface area contributed by atoms with E-state index in [1.807, 2.05) is 41.7 Å². The van der Waals surface area contributed by atoms with Crippen LogP contribution in [0.25, 0.3) is 16.6 Å². The molecule has 0 amide bonds. The lowest BCUT2D eigenvalue weighted by Crippen LogP contribution is -2.03. The molecule has 0 unspecified atom stereocenters. The third-order valence-electron chi connectivity index (χ3n) is 4.26. The molecule has 2 heterocycles. The number of ether oxygens (including phenoxy) is 1. The molecule has 0 N–H and O–H groups in total. The normalized spacial score (nSPS) is 11.2. The predicted molar refractivity (Wildman–Crippen MR) is 103 cm³/mol. The first-order valence-corrected chi connectivity index (χ1v) is 9.19. The van der Waals surface area contributed by atoms with Crippen molar-refractivity contribution in [2.24, 2.45) is 0 Å². The van der Waals surface area contributed by atoms with Gasteiger partial charge in [0.05, 0.1) is 18.4 Å². The van der Waals surface area contributed by atoms with Gasteiger partial charge in [-0.2, -0.15) is 0 Å². The van der Waals surface area contributed by atoms with Crippen molar-refractivity contribution in [2.75, 3.05) is 12.9 Å². The lowest BCUT2D eigenvalue weighted by atomic mass is 10.1. The fourth-order valence-corrected chi connectivity index (χ4v) is 3.80. The van der Waals surface area contributed by atoms with Gasteiger partial charge in [0.1, 0.15) is 5.75 Å². The first-order chi connectivity index (χ1) is 12.7. The lowest BCUT2D eigenvalue weighted by Gasteiger charge is -2.07. The standard InChI is InChI=1S/C20H17N3O2S/c1-13-10-14-6-3-4-9-17(14)23-19(13)21-22-20(23)26-12-18(24)15-7-5-8-16(11-15)25-2/h3-11H,12H2,1-2H3. The number of hydrogen-bond donors (Lipinski definition) is 0. The number of ketones is 1. The van der Waals surface area contributed by atoms with Gasteiger partial charge in [-0.1, -0.05) is 42.1 Å². The molecule has 5 nitrogen and oxygen atoms in total. The quantitative estimate of drug-likeness (QED) is 0.393. The second kappa shape index (κ2) is 6.80. The van der Waals surface area contributed by atoms with Crippen molar-refractivity contribution in [1.82, 2.24) is 14.6 Å². The molecular formula is C20H17N3O2S. The third kappa shape index (κ3) is 2.93. The van der Waals surface area contributed by atoms with Crippen LogP contribution in [0, 0.1) is 6.92 Å². The van der Waals surface area contributed by atoms with E-state index in [9.17, 15) is 4.79 Å². The van der Waals surface area contributed by atoms with Crippen LogP contribution in [-0.2, 0) is 0 Å². The van der Waals surface area contributed by atoms with E-state index in [0.29, 0.717) is 11.3 Å². The molecule has 0 atom stereocenters. The monoisotopic (exact) mass is 363 g/mol. The molecule has 0 spiro atoms. The maximum absolute atomic E-state index is 12.5. The van der Waals surface area contributed by atoms with Gasteiger partial charge in [0, 0.05) is 5.56 Å². The van der Waals surface area contributed by atoms with E-state index in [1.165, 1.54) is 11.8 Å². The average molecular weight is 363 g/mol. The number of carbonyl (C=O) groups is 1. The summed E-state index contributed by atoms with van der Waals surface area (Å²) in [5.74, 6) is 0.994. The molecule has 0 aliphatic heterocycles. The van der Waals surface area contributed by atoms with Crippen molar-refractivity contribution in [3.63, 3.8) is 0 Å². The van der Waals surface area contributed by atoms with Crippen LogP contribution in [0.15, 0.2) is 59.8 Å². The minimum Gasteiger partial charge on any atom is -0.497 e. The fraction of sp³-hybridized carbons (Fsp3) is 0.150. The highest BCUT2D eigenvalue weighted by Gasteiger charge is 2.14. The van der Waals surface area contributed by atoms with Crippen LogP contribution in [0.4, 0.5) is 0 Å². The van der Waals surface area contributed by atoms with Crippen molar-refractivity contribution >= 4 is 34.1 Å². The summed E-state index contributed by atoms with van der Waals surface area (Å²) in [6.07, 6.45) is 0. The Labute approximate surface area is 155 Å². The Morgan fingerprint density at radius 3 is 2.81 bits per heavy atom. The summed E-state index contributed by atoms with van der Waals surface area (Å²) in [7, 11) is 1.59. The highest BCUT2D eigenvalue weighted by Crippen LogP contribution is 2.26. The van der Waals surface area contributed by atoms with Crippen molar-refractivity contribution < 1.29 is 9.53 Å². The Hall–Kier alpha value is -2.86. The van der Waals surface area contributed by atoms with Crippen molar-refractivity contribution in [3.8, 4) is 5.75 Å². The van der Waals surface area contributed by atoms with Gasteiger partial charge in [-0.15, -0.1) is 10.2 Å². The molecule has 0 aliphatic rings. The number of aromatic nitrogens is 3. The molecule has 6 heteroatoms. The van der Waals surface area contributed by atoms with Crippen LogP contribution in [0.1, 0.15) is 15.9 Å².